The summed E-state index contributed by atoms with van der Waals surface area (Å²) >= 11 is 0. The molecule has 0 aromatic heterocycles. The summed E-state index contributed by atoms with van der Waals surface area (Å²) in [5.74, 6) is 1.42. The predicted octanol–water partition coefficient (Wildman–Crippen LogP) is 2.42. The van der Waals surface area contributed by atoms with E-state index >= 15 is 0 Å². The van der Waals surface area contributed by atoms with Gasteiger partial charge in [0.2, 0.25) is 0 Å². The monoisotopic (exact) mass is 288 g/mol. The molecule has 1 aromatic rings. The average molecular weight is 288 g/mol. The van der Waals surface area contributed by atoms with E-state index in [4.69, 9.17) is 10.00 Å². The van der Waals surface area contributed by atoms with Crippen LogP contribution in [-0.4, -0.2) is 42.9 Å². The highest BCUT2D eigenvalue weighted by atomic mass is 16.5. The molecular formula is C17H24N2O2. The molecule has 1 saturated carbocycles. The Balaban J connectivity index is 1.71. The molecule has 0 amide bonds. The van der Waals surface area contributed by atoms with Crippen LogP contribution in [0, 0.1) is 17.2 Å². The molecule has 1 aromatic carbocycles. The lowest BCUT2D eigenvalue weighted by atomic mass is 10.1. The number of benzene rings is 1. The van der Waals surface area contributed by atoms with Crippen molar-refractivity contribution < 1.29 is 9.84 Å². The summed E-state index contributed by atoms with van der Waals surface area (Å²) in [7, 11) is 2.05. The van der Waals surface area contributed by atoms with Crippen LogP contribution in [-0.2, 0) is 0 Å². The quantitative estimate of drug-likeness (QED) is 0.837. The van der Waals surface area contributed by atoms with Crippen LogP contribution in [0.15, 0.2) is 24.3 Å². The number of nitrogens with zero attached hydrogens (tertiary/aromatic N) is 2. The first kappa shape index (κ1) is 15.8. The highest BCUT2D eigenvalue weighted by Gasteiger charge is 2.18. The van der Waals surface area contributed by atoms with E-state index < -0.39 is 6.10 Å². The van der Waals surface area contributed by atoms with Crippen LogP contribution in [0.5, 0.6) is 5.75 Å². The Labute approximate surface area is 127 Å². The maximum absolute atomic E-state index is 10.0. The summed E-state index contributed by atoms with van der Waals surface area (Å²) in [6.07, 6.45) is 4.82. The lowest BCUT2D eigenvalue weighted by molar-refractivity contribution is 0.0720. The topological polar surface area (TPSA) is 56.5 Å². The average Bonchev–Trinajstić information content (AvgIpc) is 2.98. The molecule has 0 spiro atoms. The minimum atomic E-state index is -0.512. The number of nitriles is 1. The normalized spacial score (nSPS) is 16.9. The molecule has 0 radical (unpaired) electrons. The zero-order valence-corrected chi connectivity index (χ0v) is 12.7. The van der Waals surface area contributed by atoms with Gasteiger partial charge in [0.25, 0.3) is 0 Å². The van der Waals surface area contributed by atoms with E-state index in [1.165, 1.54) is 25.7 Å². The van der Waals surface area contributed by atoms with Gasteiger partial charge >= 0.3 is 0 Å². The first-order valence-corrected chi connectivity index (χ1v) is 7.67. The fourth-order valence-corrected chi connectivity index (χ4v) is 2.97. The first-order valence-electron chi connectivity index (χ1n) is 7.67. The molecule has 0 aliphatic heterocycles. The van der Waals surface area contributed by atoms with E-state index in [0.717, 1.165) is 12.5 Å². The summed E-state index contributed by atoms with van der Waals surface area (Å²) in [4.78, 5) is 2.19. The van der Waals surface area contributed by atoms with Crippen molar-refractivity contribution in [1.29, 1.82) is 5.26 Å². The van der Waals surface area contributed by atoms with Crippen molar-refractivity contribution in [1.82, 2.24) is 4.90 Å². The second-order valence-electron chi connectivity index (χ2n) is 5.98. The van der Waals surface area contributed by atoms with Gasteiger partial charge in [0, 0.05) is 13.1 Å². The van der Waals surface area contributed by atoms with E-state index in [-0.39, 0.29) is 6.61 Å². The predicted molar refractivity (Wildman–Crippen MR) is 82.1 cm³/mol. The Kier molecular flexibility index (Phi) is 6.04. The van der Waals surface area contributed by atoms with E-state index in [2.05, 4.69) is 18.0 Å². The lowest BCUT2D eigenvalue weighted by Gasteiger charge is -2.23. The lowest BCUT2D eigenvalue weighted by Crippen LogP contribution is -2.35. The number of aliphatic hydroxyl groups excluding tert-OH is 1. The summed E-state index contributed by atoms with van der Waals surface area (Å²) in [6.45, 7) is 1.93. The summed E-state index contributed by atoms with van der Waals surface area (Å²) < 4.78 is 5.55. The van der Waals surface area contributed by atoms with Crippen LogP contribution >= 0.6 is 0 Å². The van der Waals surface area contributed by atoms with E-state index in [9.17, 15) is 5.11 Å². The summed E-state index contributed by atoms with van der Waals surface area (Å²) in [5.41, 5.74) is 0.570. The Bertz CT molecular complexity index is 478. The zero-order chi connectivity index (χ0) is 15.1. The van der Waals surface area contributed by atoms with Crippen molar-refractivity contribution in [3.8, 4) is 11.8 Å². The van der Waals surface area contributed by atoms with Gasteiger partial charge in [0.05, 0.1) is 11.6 Å². The molecule has 4 nitrogen and oxygen atoms in total. The number of aliphatic hydroxyl groups is 1. The number of ether oxygens (including phenoxy) is 1. The molecule has 0 bridgehead atoms. The fourth-order valence-electron chi connectivity index (χ4n) is 2.97. The van der Waals surface area contributed by atoms with Crippen molar-refractivity contribution in [3.05, 3.63) is 29.8 Å². The summed E-state index contributed by atoms with van der Waals surface area (Å²) in [5, 5.41) is 18.9. The Morgan fingerprint density at radius 3 is 2.90 bits per heavy atom. The molecule has 1 fully saturated rings. The second-order valence-corrected chi connectivity index (χ2v) is 5.98. The van der Waals surface area contributed by atoms with Crippen LogP contribution in [0.2, 0.25) is 0 Å². The smallest absolute Gasteiger partial charge is 0.120 e. The van der Waals surface area contributed by atoms with Crippen molar-refractivity contribution in [2.24, 2.45) is 5.92 Å². The zero-order valence-electron chi connectivity index (χ0n) is 12.7. The molecule has 1 aliphatic rings. The molecule has 21 heavy (non-hydrogen) atoms. The Morgan fingerprint density at radius 2 is 2.19 bits per heavy atom. The van der Waals surface area contributed by atoms with Gasteiger partial charge < -0.3 is 14.7 Å². The number of hydrogen-bond donors (Lipinski definition) is 1. The van der Waals surface area contributed by atoms with Gasteiger partial charge in [-0.1, -0.05) is 18.9 Å². The number of hydrogen-bond acceptors (Lipinski definition) is 4. The molecule has 114 valence electrons. The molecule has 1 aliphatic carbocycles. The Hall–Kier alpha value is -1.57. The van der Waals surface area contributed by atoms with Gasteiger partial charge in [0.15, 0.2) is 0 Å². The third-order valence-corrected chi connectivity index (χ3v) is 3.97. The minimum Gasteiger partial charge on any atom is -0.491 e. The van der Waals surface area contributed by atoms with E-state index in [0.29, 0.717) is 17.9 Å². The van der Waals surface area contributed by atoms with Crippen molar-refractivity contribution in [3.63, 3.8) is 0 Å². The molecule has 4 heteroatoms. The van der Waals surface area contributed by atoms with Crippen molar-refractivity contribution in [2.45, 2.75) is 31.8 Å². The fraction of sp³-hybridized carbons (Fsp3) is 0.588. The highest BCUT2D eigenvalue weighted by Crippen LogP contribution is 2.25. The molecule has 2 rings (SSSR count). The van der Waals surface area contributed by atoms with Gasteiger partial charge in [-0.2, -0.15) is 5.26 Å². The van der Waals surface area contributed by atoms with Gasteiger partial charge in [-0.05, 0) is 44.0 Å². The molecule has 0 saturated heterocycles. The highest BCUT2D eigenvalue weighted by molar-refractivity contribution is 5.36. The van der Waals surface area contributed by atoms with E-state index in [1.54, 1.807) is 24.3 Å². The molecule has 1 atom stereocenters. The Morgan fingerprint density at radius 1 is 1.43 bits per heavy atom. The largest absolute Gasteiger partial charge is 0.491 e. The third-order valence-electron chi connectivity index (χ3n) is 3.97. The SMILES string of the molecule is CN(CC(O)COc1cccc(C#N)c1)CC1CCCC1. The van der Waals surface area contributed by atoms with Crippen LogP contribution in [0.25, 0.3) is 0 Å². The van der Waals surface area contributed by atoms with Gasteiger partial charge in [-0.15, -0.1) is 0 Å². The maximum Gasteiger partial charge on any atom is 0.120 e. The van der Waals surface area contributed by atoms with Crippen molar-refractivity contribution in [2.75, 3.05) is 26.7 Å². The standard InChI is InChI=1S/C17H24N2O2/c1-19(11-14-5-2-3-6-14)12-16(20)13-21-17-8-4-7-15(9-17)10-18/h4,7-9,14,16,20H,2-3,5-6,11-13H2,1H3. The second kappa shape index (κ2) is 8.02. The molecule has 1 N–H and O–H groups in total. The van der Waals surface area contributed by atoms with Gasteiger partial charge in [-0.3, -0.25) is 0 Å². The van der Waals surface area contributed by atoms with Gasteiger partial charge in [0.1, 0.15) is 18.5 Å². The maximum atomic E-state index is 10.0. The van der Waals surface area contributed by atoms with Crippen molar-refractivity contribution >= 4 is 0 Å². The molecule has 1 unspecified atom stereocenters. The number of likely N-dealkylation sites (N-methyl/N-ethyl adjacent to an activating group) is 1. The van der Waals surface area contributed by atoms with Crippen LogP contribution < -0.4 is 4.74 Å². The van der Waals surface area contributed by atoms with Crippen LogP contribution in [0.1, 0.15) is 31.2 Å². The summed E-state index contributed by atoms with van der Waals surface area (Å²) in [6, 6.07) is 9.09. The minimum absolute atomic E-state index is 0.254. The first-order chi connectivity index (χ1) is 10.2. The molecular weight excluding hydrogens is 264 g/mol. The number of rotatable bonds is 7. The molecule has 0 heterocycles. The van der Waals surface area contributed by atoms with Crippen LogP contribution in [0.4, 0.5) is 0 Å². The van der Waals surface area contributed by atoms with Gasteiger partial charge in [-0.25, -0.2) is 0 Å². The van der Waals surface area contributed by atoms with E-state index in [1.807, 2.05) is 0 Å². The third kappa shape index (κ3) is 5.37. The van der Waals surface area contributed by atoms with Crippen LogP contribution in [0.3, 0.4) is 0 Å².